The third kappa shape index (κ3) is 8.68. The first-order valence-corrected chi connectivity index (χ1v) is 7.73. The van der Waals surface area contributed by atoms with E-state index in [4.69, 9.17) is 22.9 Å². The molecule has 25 heavy (non-hydrogen) atoms. The number of carbonyl (C=O) groups is 3. The van der Waals surface area contributed by atoms with Crippen molar-refractivity contribution in [2.45, 2.75) is 26.8 Å². The summed E-state index contributed by atoms with van der Waals surface area (Å²) in [7, 11) is 0. The van der Waals surface area contributed by atoms with Crippen LogP contribution in [0.15, 0.2) is 35.2 Å². The number of nitrogens with one attached hydrogen (secondary N) is 1. The maximum absolute atomic E-state index is 11.4. The van der Waals surface area contributed by atoms with Crippen LogP contribution >= 0.6 is 0 Å². The highest BCUT2D eigenvalue weighted by atomic mass is 16.2. The lowest BCUT2D eigenvalue weighted by molar-refractivity contribution is -0.115. The molecule has 0 saturated heterocycles. The zero-order chi connectivity index (χ0) is 19.6. The first-order valence-electron chi connectivity index (χ1n) is 7.73. The number of hydrogen-bond acceptors (Lipinski definition) is 6. The molecule has 1 unspecified atom stereocenters. The van der Waals surface area contributed by atoms with Crippen molar-refractivity contribution in [3.63, 3.8) is 0 Å². The molecule has 0 aromatic carbocycles. The van der Waals surface area contributed by atoms with Crippen molar-refractivity contribution < 1.29 is 14.4 Å². The molecule has 0 aliphatic carbocycles. The van der Waals surface area contributed by atoms with Gasteiger partial charge in [-0.3, -0.25) is 14.4 Å². The number of nitrogens with zero attached hydrogens (tertiary/aromatic N) is 1. The summed E-state index contributed by atoms with van der Waals surface area (Å²) < 4.78 is 0. The van der Waals surface area contributed by atoms with Crippen LogP contribution in [0.3, 0.4) is 0 Å². The van der Waals surface area contributed by atoms with E-state index in [2.05, 4.69) is 5.32 Å². The van der Waals surface area contributed by atoms with Gasteiger partial charge in [-0.05, 0) is 20.8 Å². The van der Waals surface area contributed by atoms with Crippen LogP contribution in [0.4, 0.5) is 0 Å². The highest BCUT2D eigenvalue weighted by Gasteiger charge is 2.16. The molecule has 0 bridgehead atoms. The number of carbonyl (C=O) groups excluding carboxylic acids is 3. The van der Waals surface area contributed by atoms with Crippen LogP contribution in [0.2, 0.25) is 0 Å². The lowest BCUT2D eigenvalue weighted by atomic mass is 10.1. The molecule has 9 nitrogen and oxygen atoms in total. The maximum Gasteiger partial charge on any atom is 0.245 e. The van der Waals surface area contributed by atoms with Gasteiger partial charge in [0.15, 0.2) is 0 Å². The summed E-state index contributed by atoms with van der Waals surface area (Å²) in [6, 6.07) is -0.428. The van der Waals surface area contributed by atoms with Gasteiger partial charge in [0, 0.05) is 48.8 Å². The smallest absolute Gasteiger partial charge is 0.245 e. The van der Waals surface area contributed by atoms with Crippen LogP contribution < -0.4 is 28.3 Å². The van der Waals surface area contributed by atoms with Crippen molar-refractivity contribution in [2.75, 3.05) is 19.6 Å². The highest BCUT2D eigenvalue weighted by Crippen LogP contribution is 2.11. The second-order valence-corrected chi connectivity index (χ2v) is 5.57. The van der Waals surface area contributed by atoms with Crippen LogP contribution in [0, 0.1) is 0 Å². The molecule has 140 valence electrons. The van der Waals surface area contributed by atoms with E-state index < -0.39 is 23.8 Å². The quantitative estimate of drug-likeness (QED) is 0.222. The minimum Gasteiger partial charge on any atom is -0.366 e. The zero-order valence-electron chi connectivity index (χ0n) is 14.9. The van der Waals surface area contributed by atoms with Crippen molar-refractivity contribution in [1.82, 2.24) is 10.2 Å². The van der Waals surface area contributed by atoms with Crippen molar-refractivity contribution in [2.24, 2.45) is 22.9 Å². The van der Waals surface area contributed by atoms with E-state index in [1.807, 2.05) is 0 Å². The number of nitrogens with two attached hydrogens (primary N) is 4. The van der Waals surface area contributed by atoms with E-state index in [1.54, 1.807) is 17.9 Å². The molecule has 0 aromatic heterocycles. The fourth-order valence-electron chi connectivity index (χ4n) is 1.78. The monoisotopic (exact) mass is 352 g/mol. The van der Waals surface area contributed by atoms with Crippen molar-refractivity contribution in [1.29, 1.82) is 0 Å². The fourth-order valence-corrected chi connectivity index (χ4v) is 1.78. The van der Waals surface area contributed by atoms with Gasteiger partial charge in [0.2, 0.25) is 17.7 Å². The predicted octanol–water partition coefficient (Wildman–Crippen LogP) is -1.58. The van der Waals surface area contributed by atoms with Crippen LogP contribution in [0.5, 0.6) is 0 Å². The second-order valence-electron chi connectivity index (χ2n) is 5.57. The molecule has 0 aliphatic rings. The summed E-state index contributed by atoms with van der Waals surface area (Å²) in [6.07, 6.45) is 4.59. The Labute approximate surface area is 147 Å². The summed E-state index contributed by atoms with van der Waals surface area (Å²) in [5.41, 5.74) is 22.2. The lowest BCUT2D eigenvalue weighted by Crippen LogP contribution is -2.39. The average molecular weight is 352 g/mol. The Morgan fingerprint density at radius 3 is 1.72 bits per heavy atom. The normalized spacial score (nSPS) is 14.2. The van der Waals surface area contributed by atoms with Gasteiger partial charge in [0.1, 0.15) is 0 Å². The molecule has 0 fully saturated rings. The Morgan fingerprint density at radius 2 is 1.36 bits per heavy atom. The van der Waals surface area contributed by atoms with E-state index in [0.29, 0.717) is 25.2 Å². The Kier molecular flexibility index (Phi) is 9.83. The van der Waals surface area contributed by atoms with Crippen molar-refractivity contribution in [3.8, 4) is 0 Å². The van der Waals surface area contributed by atoms with Crippen LogP contribution in [0.25, 0.3) is 0 Å². The second kappa shape index (κ2) is 11.0. The molecule has 0 aliphatic heterocycles. The molecule has 0 aromatic rings. The third-order valence-corrected chi connectivity index (χ3v) is 3.35. The Balaban J connectivity index is 5.93. The molecular formula is C16H28N6O3. The first-order chi connectivity index (χ1) is 11.6. The average Bonchev–Trinajstić information content (AvgIpc) is 2.52. The molecule has 0 saturated carbocycles. The predicted molar refractivity (Wildman–Crippen MR) is 96.4 cm³/mol. The van der Waals surface area contributed by atoms with Crippen molar-refractivity contribution in [3.05, 3.63) is 35.2 Å². The van der Waals surface area contributed by atoms with Gasteiger partial charge in [0.25, 0.3) is 0 Å². The fraction of sp³-hybridized carbons (Fsp3) is 0.438. The molecule has 0 rings (SSSR count). The van der Waals surface area contributed by atoms with Gasteiger partial charge in [-0.25, -0.2) is 0 Å². The summed E-state index contributed by atoms with van der Waals surface area (Å²) >= 11 is 0. The van der Waals surface area contributed by atoms with E-state index in [1.165, 1.54) is 26.2 Å². The summed E-state index contributed by atoms with van der Waals surface area (Å²) in [4.78, 5) is 35.7. The molecule has 0 radical (unpaired) electrons. The standard InChI is InChI=1S/C16H28N6O3/c1-10(14(18)23)6-13(7-21-5-4-17)22(8-11(2)15(19)24)9-12(3)16(20)25/h6,8-9,13,21H,4-5,7,17H2,1-3H3,(H2,18,23)(H2,19,24)(H2,20,25). The van der Waals surface area contributed by atoms with Gasteiger partial charge in [-0.1, -0.05) is 6.08 Å². The van der Waals surface area contributed by atoms with E-state index in [-0.39, 0.29) is 11.1 Å². The molecule has 9 heteroatoms. The molecular weight excluding hydrogens is 324 g/mol. The first kappa shape index (κ1) is 22.4. The minimum absolute atomic E-state index is 0.266. The van der Waals surface area contributed by atoms with E-state index in [9.17, 15) is 14.4 Å². The Morgan fingerprint density at radius 1 is 0.920 bits per heavy atom. The maximum atomic E-state index is 11.4. The summed E-state index contributed by atoms with van der Waals surface area (Å²) in [5.74, 6) is -1.80. The topological polar surface area (TPSA) is 171 Å². The summed E-state index contributed by atoms with van der Waals surface area (Å²) in [6.45, 7) is 6.01. The van der Waals surface area contributed by atoms with Crippen molar-refractivity contribution >= 4 is 17.7 Å². The van der Waals surface area contributed by atoms with Gasteiger partial charge < -0.3 is 33.2 Å². The van der Waals surface area contributed by atoms with Gasteiger partial charge in [0.05, 0.1) is 6.04 Å². The number of hydrogen-bond donors (Lipinski definition) is 5. The molecule has 3 amide bonds. The highest BCUT2D eigenvalue weighted by molar-refractivity contribution is 5.92. The van der Waals surface area contributed by atoms with Crippen LogP contribution in [-0.4, -0.2) is 48.3 Å². The number of rotatable bonds is 11. The van der Waals surface area contributed by atoms with Gasteiger partial charge >= 0.3 is 0 Å². The van der Waals surface area contributed by atoms with E-state index >= 15 is 0 Å². The zero-order valence-corrected chi connectivity index (χ0v) is 14.9. The third-order valence-electron chi connectivity index (χ3n) is 3.35. The van der Waals surface area contributed by atoms with Crippen LogP contribution in [0.1, 0.15) is 20.8 Å². The SMILES string of the molecule is CC(=CC(CNCCN)N(C=C(C)C(N)=O)C=C(C)C(N)=O)C(N)=O. The van der Waals surface area contributed by atoms with Gasteiger partial charge in [-0.15, -0.1) is 0 Å². The van der Waals surface area contributed by atoms with E-state index in [0.717, 1.165) is 0 Å². The van der Waals surface area contributed by atoms with Gasteiger partial charge in [-0.2, -0.15) is 0 Å². The Hall–Kier alpha value is -2.65. The number of primary amides is 3. The lowest BCUT2D eigenvalue weighted by Gasteiger charge is -2.27. The molecule has 0 heterocycles. The largest absolute Gasteiger partial charge is 0.366 e. The molecule has 0 spiro atoms. The minimum atomic E-state index is -0.612. The molecule has 9 N–H and O–H groups in total. The summed E-state index contributed by atoms with van der Waals surface area (Å²) in [5, 5.41) is 3.11. The Bertz CT molecular complexity index is 565. The number of amides is 3. The van der Waals surface area contributed by atoms with Crippen LogP contribution in [-0.2, 0) is 14.4 Å². The molecule has 1 atom stereocenters.